The zero-order chi connectivity index (χ0) is 15.6. The average Bonchev–Trinajstić information content (AvgIpc) is 2.85. The third-order valence-corrected chi connectivity index (χ3v) is 3.21. The quantitative estimate of drug-likeness (QED) is 0.641. The number of carbonyl (C=O) groups excluding carboxylic acids is 2. The summed E-state index contributed by atoms with van der Waals surface area (Å²) in [5, 5.41) is 10.1. The van der Waals surface area contributed by atoms with E-state index in [0.29, 0.717) is 18.9 Å². The molecule has 1 aliphatic rings. The lowest BCUT2D eigenvalue weighted by atomic mass is 10.2. The standard InChI is InChI=1S/C12H19N5O4/c1-3-21-8(18)6-16-7-14-10-9(16)11(19)15(2)12(20)17(10)5-4-13/h7,12,20H,3-6,13H2,1-2H3. The molecule has 2 rings (SSSR count). The molecule has 2 heterocycles. The summed E-state index contributed by atoms with van der Waals surface area (Å²) in [6, 6.07) is 0. The molecule has 1 amide bonds. The monoisotopic (exact) mass is 297 g/mol. The number of nitrogens with zero attached hydrogens (tertiary/aromatic N) is 4. The van der Waals surface area contributed by atoms with Crippen LogP contribution in [0.4, 0.5) is 5.82 Å². The summed E-state index contributed by atoms with van der Waals surface area (Å²) in [7, 11) is 1.47. The van der Waals surface area contributed by atoms with E-state index >= 15 is 0 Å². The van der Waals surface area contributed by atoms with Crippen molar-refractivity contribution in [3.05, 3.63) is 12.0 Å². The molecule has 1 atom stereocenters. The second-order valence-corrected chi connectivity index (χ2v) is 4.59. The van der Waals surface area contributed by atoms with Gasteiger partial charge in [0.25, 0.3) is 5.91 Å². The molecule has 1 aliphatic heterocycles. The maximum atomic E-state index is 12.3. The molecule has 0 fully saturated rings. The van der Waals surface area contributed by atoms with Crippen molar-refractivity contribution in [2.75, 3.05) is 31.6 Å². The Morgan fingerprint density at radius 2 is 2.29 bits per heavy atom. The predicted octanol–water partition coefficient (Wildman–Crippen LogP) is -1.43. The molecule has 0 bridgehead atoms. The van der Waals surface area contributed by atoms with Crippen molar-refractivity contribution in [2.45, 2.75) is 19.8 Å². The maximum Gasteiger partial charge on any atom is 0.326 e. The molecular formula is C12H19N5O4. The van der Waals surface area contributed by atoms with E-state index in [2.05, 4.69) is 4.98 Å². The van der Waals surface area contributed by atoms with Crippen LogP contribution < -0.4 is 10.6 Å². The Bertz CT molecular complexity index is 544. The van der Waals surface area contributed by atoms with Crippen molar-refractivity contribution >= 4 is 17.7 Å². The second-order valence-electron chi connectivity index (χ2n) is 4.59. The summed E-state index contributed by atoms with van der Waals surface area (Å²) in [6.07, 6.45) is 0.258. The first kappa shape index (κ1) is 15.3. The first-order valence-corrected chi connectivity index (χ1v) is 6.64. The van der Waals surface area contributed by atoms with Gasteiger partial charge in [0.15, 0.2) is 11.5 Å². The molecule has 0 saturated carbocycles. The van der Waals surface area contributed by atoms with E-state index < -0.39 is 18.2 Å². The van der Waals surface area contributed by atoms with Crippen LogP contribution in [-0.2, 0) is 16.1 Å². The SMILES string of the molecule is CCOC(=O)Cn1cnc2c1C(=O)N(C)C(O)N2CCN. The number of nitrogens with two attached hydrogens (primary N) is 1. The minimum atomic E-state index is -1.13. The van der Waals surface area contributed by atoms with Crippen molar-refractivity contribution in [1.29, 1.82) is 0 Å². The maximum absolute atomic E-state index is 12.3. The van der Waals surface area contributed by atoms with Gasteiger partial charge in [-0.25, -0.2) is 4.98 Å². The number of esters is 1. The molecule has 0 spiro atoms. The predicted molar refractivity (Wildman–Crippen MR) is 73.4 cm³/mol. The number of aliphatic hydroxyl groups excluding tert-OH is 1. The molecule has 21 heavy (non-hydrogen) atoms. The van der Waals surface area contributed by atoms with E-state index in [-0.39, 0.29) is 18.8 Å². The zero-order valence-electron chi connectivity index (χ0n) is 12.0. The number of hydrogen-bond acceptors (Lipinski definition) is 7. The lowest BCUT2D eigenvalue weighted by molar-refractivity contribution is -0.143. The minimum Gasteiger partial charge on any atom is -0.465 e. The number of imidazole rings is 1. The van der Waals surface area contributed by atoms with Crippen LogP contribution in [0.25, 0.3) is 0 Å². The summed E-state index contributed by atoms with van der Waals surface area (Å²) in [4.78, 5) is 30.7. The van der Waals surface area contributed by atoms with Crippen molar-refractivity contribution in [3.8, 4) is 0 Å². The van der Waals surface area contributed by atoms with Crippen molar-refractivity contribution in [3.63, 3.8) is 0 Å². The van der Waals surface area contributed by atoms with Crippen LogP contribution in [0.1, 0.15) is 17.4 Å². The molecule has 1 unspecified atom stereocenters. The highest BCUT2D eigenvalue weighted by molar-refractivity contribution is 5.99. The molecule has 1 aromatic rings. The fourth-order valence-electron chi connectivity index (χ4n) is 2.22. The van der Waals surface area contributed by atoms with Crippen molar-refractivity contribution < 1.29 is 19.4 Å². The van der Waals surface area contributed by atoms with Gasteiger partial charge >= 0.3 is 5.97 Å². The zero-order valence-corrected chi connectivity index (χ0v) is 12.0. The average molecular weight is 297 g/mol. The van der Waals surface area contributed by atoms with E-state index in [4.69, 9.17) is 10.5 Å². The van der Waals surface area contributed by atoms with Gasteiger partial charge in [0, 0.05) is 20.1 Å². The lowest BCUT2D eigenvalue weighted by Crippen LogP contribution is -2.55. The van der Waals surface area contributed by atoms with E-state index in [1.165, 1.54) is 27.7 Å². The number of rotatable bonds is 5. The molecule has 3 N–H and O–H groups in total. The first-order valence-electron chi connectivity index (χ1n) is 6.64. The van der Waals surface area contributed by atoms with Gasteiger partial charge in [0.2, 0.25) is 6.35 Å². The molecule has 0 aromatic carbocycles. The number of hydrogen-bond donors (Lipinski definition) is 2. The molecule has 0 saturated heterocycles. The summed E-state index contributed by atoms with van der Waals surface area (Å²) in [5.41, 5.74) is 5.76. The summed E-state index contributed by atoms with van der Waals surface area (Å²) >= 11 is 0. The number of carbonyl (C=O) groups is 2. The normalized spacial score (nSPS) is 17.9. The van der Waals surface area contributed by atoms with Gasteiger partial charge in [-0.2, -0.15) is 0 Å². The Hall–Kier alpha value is -2.13. The third-order valence-electron chi connectivity index (χ3n) is 3.21. The Morgan fingerprint density at radius 3 is 2.90 bits per heavy atom. The summed E-state index contributed by atoms with van der Waals surface area (Å²) in [6.45, 7) is 2.49. The number of aliphatic hydroxyl groups is 1. The van der Waals surface area contributed by atoms with Crippen LogP contribution in [0.2, 0.25) is 0 Å². The van der Waals surface area contributed by atoms with Gasteiger partial charge in [-0.1, -0.05) is 0 Å². The topological polar surface area (TPSA) is 114 Å². The summed E-state index contributed by atoms with van der Waals surface area (Å²) < 4.78 is 6.29. The smallest absolute Gasteiger partial charge is 0.326 e. The number of amides is 1. The third kappa shape index (κ3) is 2.69. The highest BCUT2D eigenvalue weighted by Gasteiger charge is 2.38. The first-order chi connectivity index (χ1) is 10.0. The van der Waals surface area contributed by atoms with Gasteiger partial charge in [0.05, 0.1) is 12.9 Å². The highest BCUT2D eigenvalue weighted by atomic mass is 16.5. The van der Waals surface area contributed by atoms with Gasteiger partial charge in [-0.05, 0) is 6.92 Å². The van der Waals surface area contributed by atoms with E-state index in [1.807, 2.05) is 0 Å². The molecular weight excluding hydrogens is 278 g/mol. The molecule has 9 nitrogen and oxygen atoms in total. The van der Waals surface area contributed by atoms with Crippen LogP contribution in [0, 0.1) is 0 Å². The van der Waals surface area contributed by atoms with Crippen molar-refractivity contribution in [1.82, 2.24) is 14.5 Å². The number of anilines is 1. The van der Waals surface area contributed by atoms with E-state index in [9.17, 15) is 14.7 Å². The van der Waals surface area contributed by atoms with Gasteiger partial charge < -0.3 is 25.0 Å². The van der Waals surface area contributed by atoms with E-state index in [1.54, 1.807) is 6.92 Å². The van der Waals surface area contributed by atoms with Crippen LogP contribution in [0.15, 0.2) is 6.33 Å². The van der Waals surface area contributed by atoms with E-state index in [0.717, 1.165) is 0 Å². The Balaban J connectivity index is 2.36. The van der Waals surface area contributed by atoms with Crippen molar-refractivity contribution in [2.24, 2.45) is 5.73 Å². The summed E-state index contributed by atoms with van der Waals surface area (Å²) in [5.74, 6) is -0.544. The number of aromatic nitrogens is 2. The molecule has 0 aliphatic carbocycles. The van der Waals surface area contributed by atoms with Gasteiger partial charge in [0.1, 0.15) is 6.54 Å². The number of fused-ring (bicyclic) bond motifs is 1. The largest absolute Gasteiger partial charge is 0.465 e. The lowest BCUT2D eigenvalue weighted by Gasteiger charge is -2.38. The Morgan fingerprint density at radius 1 is 1.57 bits per heavy atom. The van der Waals surface area contributed by atoms with Gasteiger partial charge in [-0.15, -0.1) is 0 Å². The van der Waals surface area contributed by atoms with Gasteiger partial charge in [-0.3, -0.25) is 14.5 Å². The fraction of sp³-hybridized carbons (Fsp3) is 0.583. The molecule has 9 heteroatoms. The van der Waals surface area contributed by atoms with Crippen LogP contribution in [0.5, 0.6) is 0 Å². The fourth-order valence-corrected chi connectivity index (χ4v) is 2.22. The molecule has 0 radical (unpaired) electrons. The number of ether oxygens (including phenoxy) is 1. The van der Waals surface area contributed by atoms with Crippen LogP contribution in [0.3, 0.4) is 0 Å². The Kier molecular flexibility index (Phi) is 4.43. The Labute approximate surface area is 121 Å². The second kappa shape index (κ2) is 6.10. The highest BCUT2D eigenvalue weighted by Crippen LogP contribution is 2.27. The molecule has 1 aromatic heterocycles. The van der Waals surface area contributed by atoms with Crippen LogP contribution in [-0.4, -0.2) is 64.5 Å². The minimum absolute atomic E-state index is 0.109. The van der Waals surface area contributed by atoms with Crippen LogP contribution >= 0.6 is 0 Å². The molecule has 116 valence electrons.